The van der Waals surface area contributed by atoms with Gasteiger partial charge in [0.1, 0.15) is 18.3 Å². The number of aliphatic hydroxyl groups excluding tert-OH is 1. The van der Waals surface area contributed by atoms with Crippen molar-refractivity contribution in [3.63, 3.8) is 0 Å². The van der Waals surface area contributed by atoms with Crippen LogP contribution in [0.15, 0.2) is 0 Å². The van der Waals surface area contributed by atoms with Gasteiger partial charge in [0.2, 0.25) is 0 Å². The summed E-state index contributed by atoms with van der Waals surface area (Å²) < 4.78 is 15.7. The van der Waals surface area contributed by atoms with Crippen molar-refractivity contribution in [3.05, 3.63) is 0 Å². The van der Waals surface area contributed by atoms with Gasteiger partial charge in [0.15, 0.2) is 18.4 Å². The second kappa shape index (κ2) is 2.75. The highest BCUT2D eigenvalue weighted by atomic mass is 16.8. The minimum atomic E-state index is -1.07. The number of aldehydes is 1. The van der Waals surface area contributed by atoms with Gasteiger partial charge in [0, 0.05) is 0 Å². The molecule has 74 valence electrons. The lowest BCUT2D eigenvalue weighted by atomic mass is 10.1. The molecule has 2 aliphatic rings. The standard InChI is InChI=1S/C8H12O5/c1-8(2)12-5-4(3-9)11-7(10)6(5)13-8/h3-7,10H,1-2H3/t4-,5-,6-,7-/m1/s1. The van der Waals surface area contributed by atoms with Gasteiger partial charge >= 0.3 is 0 Å². The van der Waals surface area contributed by atoms with E-state index in [-0.39, 0.29) is 0 Å². The Balaban J connectivity index is 2.17. The van der Waals surface area contributed by atoms with Gasteiger partial charge in [-0.2, -0.15) is 0 Å². The van der Waals surface area contributed by atoms with Gasteiger partial charge in [-0.3, -0.25) is 0 Å². The molecule has 4 atom stereocenters. The molecule has 2 aliphatic heterocycles. The summed E-state index contributed by atoms with van der Waals surface area (Å²) in [5.41, 5.74) is 0. The Morgan fingerprint density at radius 1 is 1.31 bits per heavy atom. The largest absolute Gasteiger partial charge is 0.366 e. The lowest BCUT2D eigenvalue weighted by molar-refractivity contribution is -0.216. The van der Waals surface area contributed by atoms with E-state index in [9.17, 15) is 9.90 Å². The first kappa shape index (κ1) is 9.08. The second-order valence-electron chi connectivity index (χ2n) is 3.69. The van der Waals surface area contributed by atoms with Gasteiger partial charge < -0.3 is 24.1 Å². The zero-order valence-electron chi connectivity index (χ0n) is 7.47. The Labute approximate surface area is 75.6 Å². The van der Waals surface area contributed by atoms with Crippen molar-refractivity contribution >= 4 is 6.29 Å². The molecule has 2 rings (SSSR count). The molecule has 0 amide bonds. The maximum Gasteiger partial charge on any atom is 0.184 e. The van der Waals surface area contributed by atoms with Gasteiger partial charge in [-0.05, 0) is 13.8 Å². The molecule has 13 heavy (non-hydrogen) atoms. The van der Waals surface area contributed by atoms with Crippen LogP contribution in [0, 0.1) is 0 Å². The van der Waals surface area contributed by atoms with E-state index in [1.807, 2.05) is 0 Å². The Hall–Kier alpha value is -0.490. The fraction of sp³-hybridized carbons (Fsp3) is 0.875. The van der Waals surface area contributed by atoms with Crippen molar-refractivity contribution in [1.29, 1.82) is 0 Å². The molecule has 0 bridgehead atoms. The molecule has 2 heterocycles. The van der Waals surface area contributed by atoms with Crippen molar-refractivity contribution < 1.29 is 24.1 Å². The average molecular weight is 188 g/mol. The number of rotatable bonds is 1. The van der Waals surface area contributed by atoms with Gasteiger partial charge in [-0.25, -0.2) is 0 Å². The van der Waals surface area contributed by atoms with Crippen molar-refractivity contribution in [3.8, 4) is 0 Å². The molecule has 2 fully saturated rings. The number of carbonyl (C=O) groups excluding carboxylic acids is 1. The van der Waals surface area contributed by atoms with Crippen LogP contribution in [0.3, 0.4) is 0 Å². The molecule has 0 aromatic rings. The number of ether oxygens (including phenoxy) is 3. The maximum atomic E-state index is 10.5. The van der Waals surface area contributed by atoms with E-state index in [0.29, 0.717) is 6.29 Å². The van der Waals surface area contributed by atoms with E-state index in [0.717, 1.165) is 0 Å². The van der Waals surface area contributed by atoms with Crippen LogP contribution in [0.4, 0.5) is 0 Å². The normalized spacial score (nSPS) is 47.6. The topological polar surface area (TPSA) is 65.0 Å². The van der Waals surface area contributed by atoms with E-state index in [1.165, 1.54) is 0 Å². The number of carbonyl (C=O) groups is 1. The molecule has 1 N–H and O–H groups in total. The number of hydrogen-bond donors (Lipinski definition) is 1. The van der Waals surface area contributed by atoms with E-state index in [4.69, 9.17) is 14.2 Å². The minimum absolute atomic E-state index is 0.484. The lowest BCUT2D eigenvalue weighted by Gasteiger charge is -2.20. The molecule has 0 aliphatic carbocycles. The predicted molar refractivity (Wildman–Crippen MR) is 40.8 cm³/mol. The highest BCUT2D eigenvalue weighted by molar-refractivity contribution is 5.58. The first-order chi connectivity index (χ1) is 6.03. The first-order valence-electron chi connectivity index (χ1n) is 4.18. The van der Waals surface area contributed by atoms with Crippen molar-refractivity contribution in [2.45, 2.75) is 44.2 Å². The summed E-state index contributed by atoms with van der Waals surface area (Å²) in [6, 6.07) is 0. The maximum absolute atomic E-state index is 10.5. The van der Waals surface area contributed by atoms with Crippen molar-refractivity contribution in [2.24, 2.45) is 0 Å². The molecule has 0 aromatic carbocycles. The fourth-order valence-corrected chi connectivity index (χ4v) is 1.72. The molecule has 0 unspecified atom stereocenters. The lowest BCUT2D eigenvalue weighted by Crippen LogP contribution is -2.30. The van der Waals surface area contributed by atoms with Crippen LogP contribution in [0.2, 0.25) is 0 Å². The molecule has 5 heteroatoms. The first-order valence-corrected chi connectivity index (χ1v) is 4.18. The molecular weight excluding hydrogens is 176 g/mol. The van der Waals surface area contributed by atoms with Crippen LogP contribution in [-0.2, 0) is 19.0 Å². The molecule has 2 saturated heterocycles. The third kappa shape index (κ3) is 1.38. The summed E-state index contributed by atoms with van der Waals surface area (Å²) in [5.74, 6) is -0.749. The minimum Gasteiger partial charge on any atom is -0.366 e. The van der Waals surface area contributed by atoms with Crippen LogP contribution in [0.25, 0.3) is 0 Å². The molecule has 0 saturated carbocycles. The molecule has 0 spiro atoms. The Morgan fingerprint density at radius 3 is 2.54 bits per heavy atom. The van der Waals surface area contributed by atoms with Gasteiger partial charge in [-0.1, -0.05) is 0 Å². The fourth-order valence-electron chi connectivity index (χ4n) is 1.72. The summed E-state index contributed by atoms with van der Waals surface area (Å²) in [6.45, 7) is 3.47. The third-order valence-electron chi connectivity index (χ3n) is 2.20. The van der Waals surface area contributed by atoms with Crippen molar-refractivity contribution in [1.82, 2.24) is 0 Å². The molecule has 5 nitrogen and oxygen atoms in total. The summed E-state index contributed by atoms with van der Waals surface area (Å²) in [4.78, 5) is 10.5. The summed E-state index contributed by atoms with van der Waals surface area (Å²) >= 11 is 0. The van der Waals surface area contributed by atoms with E-state index < -0.39 is 30.4 Å². The van der Waals surface area contributed by atoms with E-state index in [1.54, 1.807) is 13.8 Å². The quantitative estimate of drug-likeness (QED) is 0.558. The summed E-state index contributed by atoms with van der Waals surface area (Å²) in [7, 11) is 0. The molecular formula is C8H12O5. The Bertz CT molecular complexity index is 227. The number of fused-ring (bicyclic) bond motifs is 1. The third-order valence-corrected chi connectivity index (χ3v) is 2.20. The monoisotopic (exact) mass is 188 g/mol. The van der Waals surface area contributed by atoms with Crippen LogP contribution in [0.1, 0.15) is 13.8 Å². The van der Waals surface area contributed by atoms with Crippen LogP contribution >= 0.6 is 0 Å². The van der Waals surface area contributed by atoms with E-state index in [2.05, 4.69) is 0 Å². The van der Waals surface area contributed by atoms with Crippen LogP contribution < -0.4 is 0 Å². The second-order valence-corrected chi connectivity index (χ2v) is 3.69. The molecule has 0 radical (unpaired) electrons. The smallest absolute Gasteiger partial charge is 0.184 e. The SMILES string of the molecule is CC1(C)O[C@@H]2[C@H](O1)[C@@H](C=O)O[C@H]2O. The summed E-state index contributed by atoms with van der Waals surface area (Å²) in [6.07, 6.45) is -2.20. The molecule has 0 aromatic heterocycles. The average Bonchev–Trinajstić information content (AvgIpc) is 2.47. The Kier molecular flexibility index (Phi) is 1.92. The predicted octanol–water partition coefficient (Wildman–Crippen LogP) is -0.577. The van der Waals surface area contributed by atoms with Gasteiger partial charge in [0.25, 0.3) is 0 Å². The zero-order valence-corrected chi connectivity index (χ0v) is 7.47. The zero-order chi connectivity index (χ0) is 9.64. The Morgan fingerprint density at radius 2 is 1.92 bits per heavy atom. The highest BCUT2D eigenvalue weighted by Crippen LogP contribution is 2.37. The van der Waals surface area contributed by atoms with Gasteiger partial charge in [-0.15, -0.1) is 0 Å². The van der Waals surface area contributed by atoms with Crippen LogP contribution in [-0.4, -0.2) is 41.8 Å². The van der Waals surface area contributed by atoms with Crippen molar-refractivity contribution in [2.75, 3.05) is 0 Å². The highest BCUT2D eigenvalue weighted by Gasteiger charge is 2.54. The number of aliphatic hydroxyl groups is 1. The number of hydrogen-bond acceptors (Lipinski definition) is 5. The van der Waals surface area contributed by atoms with E-state index >= 15 is 0 Å². The van der Waals surface area contributed by atoms with Crippen LogP contribution in [0.5, 0.6) is 0 Å². The summed E-state index contributed by atoms with van der Waals surface area (Å²) in [5, 5.41) is 9.35. The van der Waals surface area contributed by atoms with Gasteiger partial charge in [0.05, 0.1) is 0 Å².